The van der Waals surface area contributed by atoms with Crippen LogP contribution in [0.4, 0.5) is 0 Å². The molecule has 8 nitrogen and oxygen atoms in total. The summed E-state index contributed by atoms with van der Waals surface area (Å²) in [6, 6.07) is 8.40. The molecule has 0 atom stereocenters. The van der Waals surface area contributed by atoms with Crippen molar-refractivity contribution in [2.45, 2.75) is 20.8 Å². The van der Waals surface area contributed by atoms with Crippen LogP contribution in [0, 0.1) is 25.2 Å². The minimum Gasteiger partial charge on any atom is -0.481 e. The van der Waals surface area contributed by atoms with E-state index in [0.717, 1.165) is 0 Å². The molecule has 0 saturated carbocycles. The maximum absolute atomic E-state index is 12.3. The van der Waals surface area contributed by atoms with Gasteiger partial charge in [-0.05, 0) is 38.5 Å². The van der Waals surface area contributed by atoms with Crippen LogP contribution in [0.2, 0.25) is 0 Å². The lowest BCUT2D eigenvalue weighted by Gasteiger charge is -2.08. The third-order valence-electron chi connectivity index (χ3n) is 3.91. The summed E-state index contributed by atoms with van der Waals surface area (Å²) in [5.74, 6) is -1.51. The Bertz CT molecular complexity index is 939. The predicted molar refractivity (Wildman–Crippen MR) is 98.2 cm³/mol. The molecule has 2 aromatic rings. The SMILES string of the molecule is CCOC(=O)c1c(C)[nH]c(C(=O)COC(=O)COc2ccccc2C#N)c1C. The van der Waals surface area contributed by atoms with Crippen LogP contribution >= 0.6 is 0 Å². The lowest BCUT2D eigenvalue weighted by atomic mass is 10.1. The number of carbonyl (C=O) groups is 3. The van der Waals surface area contributed by atoms with E-state index in [-0.39, 0.29) is 23.6 Å². The van der Waals surface area contributed by atoms with Crippen molar-refractivity contribution in [2.24, 2.45) is 0 Å². The van der Waals surface area contributed by atoms with Gasteiger partial charge < -0.3 is 19.2 Å². The topological polar surface area (TPSA) is 118 Å². The van der Waals surface area contributed by atoms with E-state index in [1.54, 1.807) is 45.0 Å². The first-order chi connectivity index (χ1) is 13.4. The standard InChI is InChI=1S/C20H20N2O6/c1-4-26-20(25)18-12(2)19(22-13(18)3)15(23)10-28-17(24)11-27-16-8-6-5-7-14(16)9-21/h5-8,22H,4,10-11H2,1-3H3. The van der Waals surface area contributed by atoms with E-state index in [1.807, 2.05) is 6.07 Å². The third kappa shape index (κ3) is 4.76. The van der Waals surface area contributed by atoms with Gasteiger partial charge in [-0.2, -0.15) is 5.26 Å². The highest BCUT2D eigenvalue weighted by Crippen LogP contribution is 2.20. The van der Waals surface area contributed by atoms with Gasteiger partial charge in [-0.15, -0.1) is 0 Å². The van der Waals surface area contributed by atoms with Crippen molar-refractivity contribution >= 4 is 17.7 Å². The highest BCUT2D eigenvalue weighted by Gasteiger charge is 2.23. The molecule has 0 amide bonds. The molecule has 0 fully saturated rings. The number of nitrogens with one attached hydrogen (secondary N) is 1. The monoisotopic (exact) mass is 384 g/mol. The van der Waals surface area contributed by atoms with Crippen molar-refractivity contribution in [2.75, 3.05) is 19.8 Å². The summed E-state index contributed by atoms with van der Waals surface area (Å²) >= 11 is 0. The number of benzene rings is 1. The van der Waals surface area contributed by atoms with Gasteiger partial charge in [0.25, 0.3) is 0 Å². The van der Waals surface area contributed by atoms with Crippen LogP contribution < -0.4 is 4.74 Å². The number of Topliss-reactive ketones (excluding diaryl/α,β-unsaturated/α-hetero) is 1. The average Bonchev–Trinajstić information content (AvgIpc) is 2.99. The summed E-state index contributed by atoms with van der Waals surface area (Å²) in [4.78, 5) is 39.0. The fourth-order valence-corrected chi connectivity index (χ4v) is 2.62. The maximum Gasteiger partial charge on any atom is 0.344 e. The second-order valence-corrected chi connectivity index (χ2v) is 5.83. The van der Waals surface area contributed by atoms with Crippen LogP contribution in [-0.4, -0.2) is 42.5 Å². The number of ketones is 1. The van der Waals surface area contributed by atoms with E-state index >= 15 is 0 Å². The Hall–Kier alpha value is -3.60. The molecule has 1 N–H and O–H groups in total. The quantitative estimate of drug-likeness (QED) is 0.548. The normalized spacial score (nSPS) is 10.1. The number of esters is 2. The molecule has 146 valence electrons. The van der Waals surface area contributed by atoms with Gasteiger partial charge in [-0.1, -0.05) is 12.1 Å². The fraction of sp³-hybridized carbons (Fsp3) is 0.300. The number of nitriles is 1. The Kier molecular flexibility index (Phi) is 6.93. The van der Waals surface area contributed by atoms with E-state index in [1.165, 1.54) is 0 Å². The minimum absolute atomic E-state index is 0.184. The molecular weight excluding hydrogens is 364 g/mol. The predicted octanol–water partition coefficient (Wildman–Crippen LogP) is 2.48. The number of hydrogen-bond acceptors (Lipinski definition) is 7. The number of aryl methyl sites for hydroxylation is 1. The molecule has 1 aromatic carbocycles. The Balaban J connectivity index is 1.95. The Morgan fingerprint density at radius 3 is 2.50 bits per heavy atom. The van der Waals surface area contributed by atoms with Crippen LogP contribution in [0.5, 0.6) is 5.75 Å². The van der Waals surface area contributed by atoms with Crippen LogP contribution in [0.15, 0.2) is 24.3 Å². The van der Waals surface area contributed by atoms with E-state index < -0.39 is 30.9 Å². The van der Waals surface area contributed by atoms with E-state index in [2.05, 4.69) is 4.98 Å². The summed E-state index contributed by atoms with van der Waals surface area (Å²) in [6.45, 7) is 4.24. The molecule has 1 aromatic heterocycles. The Morgan fingerprint density at radius 1 is 1.11 bits per heavy atom. The zero-order valence-electron chi connectivity index (χ0n) is 15.8. The van der Waals surface area contributed by atoms with E-state index in [9.17, 15) is 14.4 Å². The third-order valence-corrected chi connectivity index (χ3v) is 3.91. The van der Waals surface area contributed by atoms with Crippen molar-refractivity contribution in [1.82, 2.24) is 4.98 Å². The lowest BCUT2D eigenvalue weighted by molar-refractivity contribution is -0.144. The minimum atomic E-state index is -0.757. The number of H-pyrrole nitrogens is 1. The second kappa shape index (κ2) is 9.37. The molecule has 8 heteroatoms. The molecule has 0 spiro atoms. The fourth-order valence-electron chi connectivity index (χ4n) is 2.62. The van der Waals surface area contributed by atoms with E-state index in [0.29, 0.717) is 16.8 Å². The molecule has 0 bridgehead atoms. The zero-order valence-corrected chi connectivity index (χ0v) is 15.8. The summed E-state index contributed by atoms with van der Waals surface area (Å²) < 4.78 is 15.2. The van der Waals surface area contributed by atoms with Gasteiger partial charge in [0, 0.05) is 5.69 Å². The highest BCUT2D eigenvalue weighted by atomic mass is 16.6. The van der Waals surface area contributed by atoms with E-state index in [4.69, 9.17) is 19.5 Å². The molecule has 2 rings (SSSR count). The van der Waals surface area contributed by atoms with Gasteiger partial charge >= 0.3 is 11.9 Å². The van der Waals surface area contributed by atoms with Gasteiger partial charge in [-0.3, -0.25) is 4.79 Å². The molecule has 0 aliphatic carbocycles. The molecular formula is C20H20N2O6. The zero-order chi connectivity index (χ0) is 20.7. The first-order valence-corrected chi connectivity index (χ1v) is 8.56. The van der Waals surface area contributed by atoms with Crippen molar-refractivity contribution in [3.63, 3.8) is 0 Å². The maximum atomic E-state index is 12.3. The number of aromatic nitrogens is 1. The summed E-state index contributed by atoms with van der Waals surface area (Å²) in [7, 11) is 0. The van der Waals surface area contributed by atoms with Crippen LogP contribution in [-0.2, 0) is 14.3 Å². The number of rotatable bonds is 8. The molecule has 28 heavy (non-hydrogen) atoms. The first-order valence-electron chi connectivity index (χ1n) is 8.56. The smallest absolute Gasteiger partial charge is 0.344 e. The largest absolute Gasteiger partial charge is 0.481 e. The molecule has 0 aliphatic heterocycles. The summed E-state index contributed by atoms with van der Waals surface area (Å²) in [6.07, 6.45) is 0. The molecule has 0 aliphatic rings. The number of para-hydroxylation sites is 1. The van der Waals surface area contributed by atoms with Crippen LogP contribution in [0.3, 0.4) is 0 Å². The second-order valence-electron chi connectivity index (χ2n) is 5.83. The van der Waals surface area contributed by atoms with Crippen molar-refractivity contribution in [3.05, 3.63) is 52.3 Å². The summed E-state index contributed by atoms with van der Waals surface area (Å²) in [5.41, 5.74) is 1.71. The first kappa shape index (κ1) is 20.7. The van der Waals surface area contributed by atoms with Gasteiger partial charge in [-0.25, -0.2) is 9.59 Å². The van der Waals surface area contributed by atoms with Crippen molar-refractivity contribution in [3.8, 4) is 11.8 Å². The molecule has 0 unspecified atom stereocenters. The van der Waals surface area contributed by atoms with Gasteiger partial charge in [0.05, 0.1) is 23.4 Å². The van der Waals surface area contributed by atoms with Crippen LogP contribution in [0.25, 0.3) is 0 Å². The lowest BCUT2D eigenvalue weighted by Crippen LogP contribution is -2.20. The van der Waals surface area contributed by atoms with Crippen LogP contribution in [0.1, 0.15) is 44.6 Å². The molecule has 0 saturated heterocycles. The number of ether oxygens (including phenoxy) is 3. The Labute approximate surface area is 162 Å². The highest BCUT2D eigenvalue weighted by molar-refractivity contribution is 6.02. The van der Waals surface area contributed by atoms with Crippen molar-refractivity contribution < 1.29 is 28.6 Å². The molecule has 1 heterocycles. The Morgan fingerprint density at radius 2 is 1.82 bits per heavy atom. The number of carbonyl (C=O) groups excluding carboxylic acids is 3. The molecule has 0 radical (unpaired) electrons. The van der Waals surface area contributed by atoms with Crippen molar-refractivity contribution in [1.29, 1.82) is 5.26 Å². The number of hydrogen-bond donors (Lipinski definition) is 1. The number of nitrogens with zero attached hydrogens (tertiary/aromatic N) is 1. The number of aromatic amines is 1. The average molecular weight is 384 g/mol. The van der Waals surface area contributed by atoms with Gasteiger partial charge in [0.1, 0.15) is 11.8 Å². The van der Waals surface area contributed by atoms with Gasteiger partial charge in [0.2, 0.25) is 5.78 Å². The van der Waals surface area contributed by atoms with Gasteiger partial charge in [0.15, 0.2) is 13.2 Å². The summed E-state index contributed by atoms with van der Waals surface area (Å²) in [5, 5.41) is 8.98.